The van der Waals surface area contributed by atoms with E-state index in [9.17, 15) is 4.79 Å². The first-order valence-corrected chi connectivity index (χ1v) is 10.1. The number of aromatic nitrogens is 4. The molecule has 0 aliphatic carbocycles. The standard InChI is InChI=1S/C19H28N6O3/c1-13-3-4-16(28-13)18-21-22-19(25(18)11-7-17(26)20-2)24-9-5-14(6-10-24)15-8-12-27-23-15/h8,12-14,16H,3-7,9-11H2,1-2H3,(H,20,26)/t13-,16-/m0/s1. The molecule has 1 N–H and O–H groups in total. The minimum absolute atomic E-state index is 0.0102. The number of hydrogen-bond donors (Lipinski definition) is 1. The van der Waals surface area contributed by atoms with Gasteiger partial charge in [0.1, 0.15) is 12.4 Å². The highest BCUT2D eigenvalue weighted by atomic mass is 16.5. The van der Waals surface area contributed by atoms with Crippen molar-refractivity contribution in [1.29, 1.82) is 0 Å². The van der Waals surface area contributed by atoms with Crippen LogP contribution in [0.25, 0.3) is 0 Å². The summed E-state index contributed by atoms with van der Waals surface area (Å²) in [5.41, 5.74) is 1.02. The van der Waals surface area contributed by atoms with Crippen LogP contribution in [0.4, 0.5) is 5.95 Å². The second-order valence-corrected chi connectivity index (χ2v) is 7.63. The Kier molecular flexibility index (Phi) is 5.61. The van der Waals surface area contributed by atoms with Crippen LogP contribution in [0.2, 0.25) is 0 Å². The zero-order chi connectivity index (χ0) is 19.5. The number of hydrogen-bond acceptors (Lipinski definition) is 7. The molecule has 9 heteroatoms. The molecule has 2 atom stereocenters. The van der Waals surface area contributed by atoms with E-state index in [0.717, 1.165) is 56.2 Å². The summed E-state index contributed by atoms with van der Waals surface area (Å²) in [5, 5.41) is 15.7. The van der Waals surface area contributed by atoms with E-state index < -0.39 is 0 Å². The smallest absolute Gasteiger partial charge is 0.227 e. The number of carbonyl (C=O) groups excluding carboxylic acids is 1. The van der Waals surface area contributed by atoms with E-state index in [1.54, 1.807) is 13.3 Å². The number of rotatable bonds is 6. The lowest BCUT2D eigenvalue weighted by Gasteiger charge is -2.32. The minimum Gasteiger partial charge on any atom is -0.367 e. The van der Waals surface area contributed by atoms with E-state index >= 15 is 0 Å². The molecule has 28 heavy (non-hydrogen) atoms. The van der Waals surface area contributed by atoms with Crippen LogP contribution in [0, 0.1) is 0 Å². The minimum atomic E-state index is -0.0476. The van der Waals surface area contributed by atoms with E-state index in [1.807, 2.05) is 6.07 Å². The molecule has 152 valence electrons. The van der Waals surface area contributed by atoms with Gasteiger partial charge in [-0.25, -0.2) is 0 Å². The van der Waals surface area contributed by atoms with Crippen LogP contribution < -0.4 is 10.2 Å². The third kappa shape index (κ3) is 3.89. The molecule has 9 nitrogen and oxygen atoms in total. The summed E-state index contributed by atoms with van der Waals surface area (Å²) in [6.45, 7) is 4.38. The van der Waals surface area contributed by atoms with Gasteiger partial charge in [-0.05, 0) is 32.6 Å². The summed E-state index contributed by atoms with van der Waals surface area (Å²) >= 11 is 0. The van der Waals surface area contributed by atoms with Crippen LogP contribution in [0.15, 0.2) is 16.9 Å². The van der Waals surface area contributed by atoms with Gasteiger partial charge in [0.15, 0.2) is 5.82 Å². The largest absolute Gasteiger partial charge is 0.367 e. The first-order chi connectivity index (χ1) is 13.7. The van der Waals surface area contributed by atoms with E-state index in [1.165, 1.54) is 0 Å². The number of carbonyl (C=O) groups is 1. The molecule has 2 aliphatic heterocycles. The topological polar surface area (TPSA) is 98.3 Å². The lowest BCUT2D eigenvalue weighted by molar-refractivity contribution is -0.120. The second kappa shape index (κ2) is 8.30. The van der Waals surface area contributed by atoms with Gasteiger partial charge in [-0.2, -0.15) is 0 Å². The van der Waals surface area contributed by atoms with Gasteiger partial charge in [0.2, 0.25) is 11.9 Å². The summed E-state index contributed by atoms with van der Waals surface area (Å²) in [6.07, 6.45) is 6.14. The molecule has 2 aromatic heterocycles. The molecule has 2 aromatic rings. The highest BCUT2D eigenvalue weighted by Crippen LogP contribution is 2.34. The Bertz CT molecular complexity index is 782. The number of nitrogens with one attached hydrogen (secondary N) is 1. The highest BCUT2D eigenvalue weighted by molar-refractivity contribution is 5.75. The van der Waals surface area contributed by atoms with Gasteiger partial charge in [-0.3, -0.25) is 9.36 Å². The van der Waals surface area contributed by atoms with Gasteiger partial charge in [-0.15, -0.1) is 10.2 Å². The Balaban J connectivity index is 1.51. The molecule has 0 radical (unpaired) electrons. The van der Waals surface area contributed by atoms with Gasteiger partial charge >= 0.3 is 0 Å². The molecule has 0 bridgehead atoms. The van der Waals surface area contributed by atoms with Crippen LogP contribution in [-0.2, 0) is 16.1 Å². The maximum absolute atomic E-state index is 11.8. The van der Waals surface area contributed by atoms with Gasteiger partial charge < -0.3 is 19.5 Å². The van der Waals surface area contributed by atoms with Gasteiger partial charge in [0.05, 0.1) is 11.8 Å². The summed E-state index contributed by atoms with van der Waals surface area (Å²) in [5.74, 6) is 2.09. The van der Waals surface area contributed by atoms with Gasteiger partial charge in [0, 0.05) is 45.1 Å². The lowest BCUT2D eigenvalue weighted by Crippen LogP contribution is -2.35. The van der Waals surface area contributed by atoms with Crippen molar-refractivity contribution >= 4 is 11.9 Å². The SMILES string of the molecule is CNC(=O)CCn1c([C@@H]2CC[C@H](C)O2)nnc1N1CCC(c2ccon2)CC1. The maximum atomic E-state index is 11.8. The van der Waals surface area contributed by atoms with Gasteiger partial charge in [-0.1, -0.05) is 5.16 Å². The molecular weight excluding hydrogens is 360 g/mol. The van der Waals surface area contributed by atoms with Crippen molar-refractivity contribution in [1.82, 2.24) is 25.2 Å². The third-order valence-corrected chi connectivity index (χ3v) is 5.77. The van der Waals surface area contributed by atoms with Crippen molar-refractivity contribution in [3.05, 3.63) is 23.8 Å². The fourth-order valence-corrected chi connectivity index (χ4v) is 4.13. The maximum Gasteiger partial charge on any atom is 0.227 e. The average molecular weight is 388 g/mol. The number of anilines is 1. The zero-order valence-electron chi connectivity index (χ0n) is 16.5. The number of ether oxygens (including phenoxy) is 1. The molecule has 2 aliphatic rings. The number of nitrogens with zero attached hydrogens (tertiary/aromatic N) is 5. The normalized spacial score (nSPS) is 23.3. The highest BCUT2D eigenvalue weighted by Gasteiger charge is 2.32. The van der Waals surface area contributed by atoms with Crippen LogP contribution in [0.1, 0.15) is 62.6 Å². The number of amides is 1. The monoisotopic (exact) mass is 388 g/mol. The van der Waals surface area contributed by atoms with Crippen molar-refractivity contribution in [2.45, 2.75) is 63.7 Å². The van der Waals surface area contributed by atoms with Crippen molar-refractivity contribution in [2.75, 3.05) is 25.0 Å². The first kappa shape index (κ1) is 18.9. The van der Waals surface area contributed by atoms with Crippen molar-refractivity contribution in [3.8, 4) is 0 Å². The third-order valence-electron chi connectivity index (χ3n) is 5.77. The Labute approximate surface area is 164 Å². The second-order valence-electron chi connectivity index (χ2n) is 7.63. The average Bonchev–Trinajstić information content (AvgIpc) is 3.46. The Hall–Kier alpha value is -2.42. The Morgan fingerprint density at radius 3 is 2.71 bits per heavy atom. The van der Waals surface area contributed by atoms with E-state index in [-0.39, 0.29) is 18.1 Å². The van der Waals surface area contributed by atoms with E-state index in [2.05, 4.69) is 37.1 Å². The summed E-state index contributed by atoms with van der Waals surface area (Å²) in [6, 6.07) is 1.95. The zero-order valence-corrected chi connectivity index (χ0v) is 16.5. The van der Waals surface area contributed by atoms with E-state index in [0.29, 0.717) is 18.9 Å². The summed E-state index contributed by atoms with van der Waals surface area (Å²) in [4.78, 5) is 14.1. The number of piperidine rings is 1. The molecule has 1 amide bonds. The van der Waals surface area contributed by atoms with Crippen LogP contribution >= 0.6 is 0 Å². The summed E-state index contributed by atoms with van der Waals surface area (Å²) < 4.78 is 13.1. The molecule has 4 rings (SSSR count). The lowest BCUT2D eigenvalue weighted by atomic mass is 9.94. The van der Waals surface area contributed by atoms with Gasteiger partial charge in [0.25, 0.3) is 0 Å². The molecule has 0 saturated carbocycles. The first-order valence-electron chi connectivity index (χ1n) is 10.1. The Morgan fingerprint density at radius 2 is 2.07 bits per heavy atom. The van der Waals surface area contributed by atoms with E-state index in [4.69, 9.17) is 9.26 Å². The molecule has 2 fully saturated rings. The van der Waals surface area contributed by atoms with Crippen LogP contribution in [0.5, 0.6) is 0 Å². The van der Waals surface area contributed by atoms with Crippen molar-refractivity contribution in [3.63, 3.8) is 0 Å². The van der Waals surface area contributed by atoms with Crippen LogP contribution in [0.3, 0.4) is 0 Å². The van der Waals surface area contributed by atoms with Crippen molar-refractivity contribution < 1.29 is 14.1 Å². The molecule has 0 aromatic carbocycles. The fourth-order valence-electron chi connectivity index (χ4n) is 4.13. The molecule has 4 heterocycles. The fraction of sp³-hybridized carbons (Fsp3) is 0.684. The predicted octanol–water partition coefficient (Wildman–Crippen LogP) is 2.03. The molecular formula is C19H28N6O3. The molecule has 0 spiro atoms. The van der Waals surface area contributed by atoms with Crippen LogP contribution in [-0.4, -0.2) is 52.1 Å². The molecule has 0 unspecified atom stereocenters. The van der Waals surface area contributed by atoms with Crippen molar-refractivity contribution in [2.24, 2.45) is 0 Å². The molecule has 2 saturated heterocycles. The predicted molar refractivity (Wildman–Crippen MR) is 102 cm³/mol. The Morgan fingerprint density at radius 1 is 1.25 bits per heavy atom. The quantitative estimate of drug-likeness (QED) is 0.808. The summed E-state index contributed by atoms with van der Waals surface area (Å²) in [7, 11) is 1.66.